The molecule has 7 atom stereocenters. The molecule has 0 amide bonds. The van der Waals surface area contributed by atoms with Crippen molar-refractivity contribution < 1.29 is 60.0 Å². The second-order valence-electron chi connectivity index (χ2n) is 4.79. The Morgan fingerprint density at radius 2 is 1.29 bits per heavy atom. The number of aliphatic hydroxyl groups excluding tert-OH is 8. The Morgan fingerprint density at radius 3 is 1.71 bits per heavy atom. The standard InChI is InChI=1S/C12H20O12/c13-1-4(16)7(18)9(20)6(3-15)24-12(23)11(22)10(21)8(19)5(17)2-14/h3-10,13-14,16-21H,1-2H2/t4-,5+,6+,7+,8-,9-,10-/m1/s1. The summed E-state index contributed by atoms with van der Waals surface area (Å²) in [5.41, 5.74) is 0. The number of ether oxygens (including phenoxy) is 1. The van der Waals surface area contributed by atoms with E-state index in [0.29, 0.717) is 0 Å². The maximum absolute atomic E-state index is 11.5. The van der Waals surface area contributed by atoms with Crippen LogP contribution in [0.1, 0.15) is 0 Å². The summed E-state index contributed by atoms with van der Waals surface area (Å²) < 4.78 is 4.25. The van der Waals surface area contributed by atoms with Crippen LogP contribution in [0.3, 0.4) is 0 Å². The van der Waals surface area contributed by atoms with Gasteiger partial charge in [0.25, 0.3) is 5.78 Å². The summed E-state index contributed by atoms with van der Waals surface area (Å²) in [5, 5.41) is 73.0. The van der Waals surface area contributed by atoms with Crippen LogP contribution in [-0.2, 0) is 19.1 Å². The third-order valence-electron chi connectivity index (χ3n) is 3.02. The summed E-state index contributed by atoms with van der Waals surface area (Å²) in [6.45, 7) is -2.01. The molecule has 0 radical (unpaired) electrons. The monoisotopic (exact) mass is 356 g/mol. The molecule has 0 heterocycles. The van der Waals surface area contributed by atoms with E-state index < -0.39 is 67.7 Å². The molecule has 140 valence electrons. The van der Waals surface area contributed by atoms with Crippen LogP contribution in [0.15, 0.2) is 0 Å². The highest BCUT2D eigenvalue weighted by molar-refractivity contribution is 6.35. The first kappa shape index (κ1) is 22.5. The summed E-state index contributed by atoms with van der Waals surface area (Å²) in [7, 11) is 0. The molecule has 0 aromatic heterocycles. The van der Waals surface area contributed by atoms with Crippen LogP contribution in [0.5, 0.6) is 0 Å². The molecule has 12 nitrogen and oxygen atoms in total. The lowest BCUT2D eigenvalue weighted by atomic mass is 10.0. The van der Waals surface area contributed by atoms with Gasteiger partial charge in [0, 0.05) is 0 Å². The van der Waals surface area contributed by atoms with Crippen molar-refractivity contribution in [1.82, 2.24) is 0 Å². The molecule has 0 aromatic rings. The van der Waals surface area contributed by atoms with Gasteiger partial charge < -0.3 is 45.6 Å². The van der Waals surface area contributed by atoms with Crippen molar-refractivity contribution in [3.8, 4) is 0 Å². The van der Waals surface area contributed by atoms with Gasteiger partial charge in [-0.3, -0.25) is 9.59 Å². The summed E-state index contributed by atoms with van der Waals surface area (Å²) >= 11 is 0. The third kappa shape index (κ3) is 5.85. The molecule has 8 N–H and O–H groups in total. The Labute approximate surface area is 135 Å². The molecule has 0 saturated heterocycles. The second-order valence-corrected chi connectivity index (χ2v) is 4.79. The number of rotatable bonds is 11. The highest BCUT2D eigenvalue weighted by atomic mass is 16.6. The first-order valence-electron chi connectivity index (χ1n) is 6.62. The molecular weight excluding hydrogens is 336 g/mol. The predicted molar refractivity (Wildman–Crippen MR) is 71.2 cm³/mol. The van der Waals surface area contributed by atoms with E-state index >= 15 is 0 Å². The predicted octanol–water partition coefficient (Wildman–Crippen LogP) is -6.18. The van der Waals surface area contributed by atoms with E-state index in [-0.39, 0.29) is 6.29 Å². The Balaban J connectivity index is 4.92. The van der Waals surface area contributed by atoms with E-state index in [1.54, 1.807) is 0 Å². The number of hydrogen-bond acceptors (Lipinski definition) is 12. The fraction of sp³-hybridized carbons (Fsp3) is 0.750. The molecule has 0 unspecified atom stereocenters. The molecule has 0 spiro atoms. The van der Waals surface area contributed by atoms with Gasteiger partial charge in [0.2, 0.25) is 0 Å². The van der Waals surface area contributed by atoms with Crippen LogP contribution >= 0.6 is 0 Å². The normalized spacial score (nSPS) is 20.2. The fourth-order valence-electron chi connectivity index (χ4n) is 1.48. The van der Waals surface area contributed by atoms with E-state index in [9.17, 15) is 34.8 Å². The third-order valence-corrected chi connectivity index (χ3v) is 3.02. The molecule has 24 heavy (non-hydrogen) atoms. The van der Waals surface area contributed by atoms with Crippen LogP contribution < -0.4 is 0 Å². The Bertz CT molecular complexity index is 426. The molecular formula is C12H20O12. The largest absolute Gasteiger partial charge is 0.446 e. The van der Waals surface area contributed by atoms with Crippen LogP contribution in [0.2, 0.25) is 0 Å². The summed E-state index contributed by atoms with van der Waals surface area (Å²) in [5.74, 6) is -3.69. The SMILES string of the molecule is O=C[C@H](OC(=O)C(=O)[C@H](O)[C@H](O)[C@@H](O)CO)[C@@H](O)[C@@H](O)[C@H](O)CO. The van der Waals surface area contributed by atoms with Gasteiger partial charge in [-0.1, -0.05) is 0 Å². The van der Waals surface area contributed by atoms with E-state index in [1.165, 1.54) is 0 Å². The summed E-state index contributed by atoms with van der Waals surface area (Å²) in [6.07, 6.45) is -15.1. The fourth-order valence-corrected chi connectivity index (χ4v) is 1.48. The van der Waals surface area contributed by atoms with Gasteiger partial charge in [-0.25, -0.2) is 4.79 Å². The van der Waals surface area contributed by atoms with Crippen molar-refractivity contribution in [3.63, 3.8) is 0 Å². The minimum absolute atomic E-state index is 0.186. The number of aliphatic hydroxyl groups is 8. The van der Waals surface area contributed by atoms with Crippen molar-refractivity contribution in [3.05, 3.63) is 0 Å². The number of hydrogen-bond donors (Lipinski definition) is 8. The number of carbonyl (C=O) groups excluding carboxylic acids is 3. The van der Waals surface area contributed by atoms with Gasteiger partial charge in [-0.05, 0) is 0 Å². The average molecular weight is 356 g/mol. The molecule has 0 saturated carbocycles. The lowest BCUT2D eigenvalue weighted by Gasteiger charge is -2.26. The number of aldehydes is 1. The molecule has 0 aliphatic rings. The number of esters is 1. The van der Waals surface area contributed by atoms with Gasteiger partial charge in [0.05, 0.1) is 13.2 Å². The first-order valence-corrected chi connectivity index (χ1v) is 6.62. The quantitative estimate of drug-likeness (QED) is 0.0983. The van der Waals surface area contributed by atoms with E-state index in [2.05, 4.69) is 4.74 Å². The van der Waals surface area contributed by atoms with Crippen LogP contribution in [-0.4, -0.2) is 115 Å². The van der Waals surface area contributed by atoms with Gasteiger partial charge in [-0.15, -0.1) is 0 Å². The second kappa shape index (κ2) is 10.4. The van der Waals surface area contributed by atoms with Crippen molar-refractivity contribution in [2.24, 2.45) is 0 Å². The number of ketones is 1. The zero-order chi connectivity index (χ0) is 19.0. The van der Waals surface area contributed by atoms with Gasteiger partial charge in [0.15, 0.2) is 18.5 Å². The molecule has 0 aliphatic carbocycles. The first-order chi connectivity index (χ1) is 11.1. The van der Waals surface area contributed by atoms with E-state index in [4.69, 9.17) is 20.4 Å². The maximum Gasteiger partial charge on any atom is 0.378 e. The lowest BCUT2D eigenvalue weighted by molar-refractivity contribution is -0.176. The van der Waals surface area contributed by atoms with Crippen LogP contribution in [0.4, 0.5) is 0 Å². The molecule has 0 bridgehead atoms. The molecule has 0 rings (SSSR count). The molecule has 0 fully saturated rings. The topological polar surface area (TPSA) is 222 Å². The van der Waals surface area contributed by atoms with Crippen molar-refractivity contribution in [2.45, 2.75) is 42.7 Å². The molecule has 0 aromatic carbocycles. The van der Waals surface area contributed by atoms with Crippen molar-refractivity contribution in [1.29, 1.82) is 0 Å². The smallest absolute Gasteiger partial charge is 0.378 e. The van der Waals surface area contributed by atoms with E-state index in [0.717, 1.165) is 0 Å². The Kier molecular flexibility index (Phi) is 9.72. The lowest BCUT2D eigenvalue weighted by Crippen LogP contribution is -2.50. The molecule has 0 aliphatic heterocycles. The minimum atomic E-state index is -2.49. The van der Waals surface area contributed by atoms with Crippen molar-refractivity contribution in [2.75, 3.05) is 13.2 Å². The Morgan fingerprint density at radius 1 is 0.833 bits per heavy atom. The summed E-state index contributed by atoms with van der Waals surface area (Å²) in [4.78, 5) is 33.8. The van der Waals surface area contributed by atoms with Gasteiger partial charge >= 0.3 is 5.97 Å². The highest BCUT2D eigenvalue weighted by Crippen LogP contribution is 2.09. The Hall–Kier alpha value is -1.51. The van der Waals surface area contributed by atoms with Crippen molar-refractivity contribution >= 4 is 18.0 Å². The highest BCUT2D eigenvalue weighted by Gasteiger charge is 2.38. The van der Waals surface area contributed by atoms with Crippen LogP contribution in [0, 0.1) is 0 Å². The van der Waals surface area contributed by atoms with Crippen LogP contribution in [0.25, 0.3) is 0 Å². The number of Topliss-reactive ketones (excluding diaryl/α,β-unsaturated/α-hetero) is 1. The zero-order valence-electron chi connectivity index (χ0n) is 12.2. The van der Waals surface area contributed by atoms with E-state index in [1.807, 2.05) is 0 Å². The number of carbonyl (C=O) groups is 3. The summed E-state index contributed by atoms with van der Waals surface area (Å²) in [6, 6.07) is 0. The van der Waals surface area contributed by atoms with Gasteiger partial charge in [-0.2, -0.15) is 0 Å². The average Bonchev–Trinajstić information content (AvgIpc) is 2.60. The zero-order valence-corrected chi connectivity index (χ0v) is 12.2. The van der Waals surface area contributed by atoms with Gasteiger partial charge in [0.1, 0.15) is 30.5 Å². The molecule has 12 heteroatoms. The minimum Gasteiger partial charge on any atom is -0.446 e. The maximum atomic E-state index is 11.5.